The first-order valence-corrected chi connectivity index (χ1v) is 13.6. The molecule has 0 bridgehead atoms. The van der Waals surface area contributed by atoms with Gasteiger partial charge in [0.15, 0.2) is 0 Å². The monoisotopic (exact) mass is 560 g/mol. The van der Waals surface area contributed by atoms with Crippen molar-refractivity contribution in [2.75, 3.05) is 0 Å². The molecule has 1 N–H and O–H groups in total. The lowest BCUT2D eigenvalue weighted by molar-refractivity contribution is -0.202. The Balaban J connectivity index is 1.50. The Labute approximate surface area is 231 Å². The van der Waals surface area contributed by atoms with Gasteiger partial charge in [-0.05, 0) is 36.8 Å². The molecule has 5 fully saturated rings. The van der Waals surface area contributed by atoms with E-state index in [-0.39, 0.29) is 17.6 Å². The molecule has 2 saturated carbocycles. The minimum atomic E-state index is -1.72. The third-order valence-corrected chi connectivity index (χ3v) is 9.85. The second-order valence-electron chi connectivity index (χ2n) is 12.4. The fourth-order valence-electron chi connectivity index (χ4n) is 8.32. The molecule has 11 heteroatoms. The number of benzene rings is 1. The van der Waals surface area contributed by atoms with Gasteiger partial charge >= 0.3 is 23.1 Å². The summed E-state index contributed by atoms with van der Waals surface area (Å²) in [7, 11) is 0. The molecule has 5 aliphatic rings. The molecular formula is C28H32O10S. The molecule has 39 heavy (non-hydrogen) atoms. The summed E-state index contributed by atoms with van der Waals surface area (Å²) in [5.41, 5.74) is -4.62. The molecule has 6 unspecified atom stereocenters. The second-order valence-corrected chi connectivity index (χ2v) is 12.7. The third kappa shape index (κ3) is 3.26. The molecule has 3 aliphatic heterocycles. The zero-order chi connectivity index (χ0) is 28.1. The van der Waals surface area contributed by atoms with Gasteiger partial charge in [0, 0.05) is 25.6 Å². The summed E-state index contributed by atoms with van der Waals surface area (Å²) in [4.78, 5) is 38.5. The summed E-state index contributed by atoms with van der Waals surface area (Å²) in [6.45, 7) is 8.97. The number of esters is 3. The fraction of sp³-hybridized carbons (Fsp3) is 0.643. The average Bonchev–Trinajstić information content (AvgIpc) is 3.51. The summed E-state index contributed by atoms with van der Waals surface area (Å²) < 4.78 is 35.8. The molecule has 0 aromatic heterocycles. The van der Waals surface area contributed by atoms with Crippen LogP contribution in [-0.4, -0.2) is 64.6 Å². The van der Waals surface area contributed by atoms with Crippen LogP contribution < -0.4 is 4.74 Å². The third-order valence-electron chi connectivity index (χ3n) is 9.67. The van der Waals surface area contributed by atoms with E-state index < -0.39 is 76.4 Å². The number of aliphatic hydroxyl groups is 1. The van der Waals surface area contributed by atoms with Crippen LogP contribution in [0.2, 0.25) is 0 Å². The highest BCUT2D eigenvalue weighted by molar-refractivity contribution is 7.79. The van der Waals surface area contributed by atoms with Gasteiger partial charge in [-0.2, -0.15) is 0 Å². The van der Waals surface area contributed by atoms with E-state index in [1.165, 1.54) is 6.92 Å². The van der Waals surface area contributed by atoms with Gasteiger partial charge in [0.2, 0.25) is 12.4 Å². The van der Waals surface area contributed by atoms with Crippen molar-refractivity contribution < 1.29 is 47.9 Å². The highest BCUT2D eigenvalue weighted by atomic mass is 32.1. The van der Waals surface area contributed by atoms with Crippen LogP contribution in [-0.2, 0) is 38.1 Å². The van der Waals surface area contributed by atoms with Crippen molar-refractivity contribution in [3.05, 3.63) is 30.3 Å². The maximum Gasteiger partial charge on any atom is 0.358 e. The predicted molar refractivity (Wildman–Crippen MR) is 136 cm³/mol. The first-order chi connectivity index (χ1) is 18.3. The number of thiocarbonyl (C=S) groups is 1. The molecule has 3 saturated heterocycles. The molecular weight excluding hydrogens is 528 g/mol. The van der Waals surface area contributed by atoms with Crippen LogP contribution in [0, 0.1) is 28.1 Å². The van der Waals surface area contributed by atoms with Gasteiger partial charge in [0.05, 0.1) is 16.7 Å². The van der Waals surface area contributed by atoms with E-state index in [0.29, 0.717) is 12.2 Å². The van der Waals surface area contributed by atoms with E-state index in [4.69, 9.17) is 40.6 Å². The Kier molecular flexibility index (Phi) is 5.68. The Morgan fingerprint density at radius 1 is 1.10 bits per heavy atom. The van der Waals surface area contributed by atoms with E-state index in [0.717, 1.165) is 0 Å². The van der Waals surface area contributed by atoms with Crippen LogP contribution in [0.4, 0.5) is 0 Å². The Hall–Kier alpha value is -2.76. The first kappa shape index (κ1) is 26.5. The number of hydrogen-bond acceptors (Lipinski definition) is 11. The molecule has 1 aromatic carbocycles. The molecule has 0 amide bonds. The number of rotatable bonds is 3. The van der Waals surface area contributed by atoms with E-state index in [1.54, 1.807) is 31.2 Å². The molecule has 2 aliphatic carbocycles. The lowest BCUT2D eigenvalue weighted by Crippen LogP contribution is -2.59. The van der Waals surface area contributed by atoms with Gasteiger partial charge < -0.3 is 33.5 Å². The summed E-state index contributed by atoms with van der Waals surface area (Å²) in [6, 6.07) is 8.78. The molecule has 2 spiro atoms. The van der Waals surface area contributed by atoms with Crippen molar-refractivity contribution in [2.45, 2.75) is 83.8 Å². The van der Waals surface area contributed by atoms with Crippen molar-refractivity contribution in [3.63, 3.8) is 0 Å². The van der Waals surface area contributed by atoms with Gasteiger partial charge in [0.25, 0.3) is 0 Å². The molecule has 10 nitrogen and oxygen atoms in total. The fourth-order valence-corrected chi connectivity index (χ4v) is 8.51. The number of carbonyl (C=O) groups excluding carboxylic acids is 3. The lowest BCUT2D eigenvalue weighted by atomic mass is 9.54. The number of hydrogen-bond donors (Lipinski definition) is 1. The van der Waals surface area contributed by atoms with Crippen LogP contribution in [0.5, 0.6) is 5.75 Å². The molecule has 0 radical (unpaired) electrons. The molecule has 10 atom stereocenters. The number of fused-ring (bicyclic) bond motifs is 2. The summed E-state index contributed by atoms with van der Waals surface area (Å²) in [5.74, 6) is -2.57. The van der Waals surface area contributed by atoms with Crippen molar-refractivity contribution in [1.82, 2.24) is 0 Å². The zero-order valence-electron chi connectivity index (χ0n) is 22.4. The van der Waals surface area contributed by atoms with Crippen molar-refractivity contribution >= 4 is 35.4 Å². The largest absolute Gasteiger partial charge is 0.462 e. The van der Waals surface area contributed by atoms with Gasteiger partial charge in [0.1, 0.15) is 29.7 Å². The normalized spacial score (nSPS) is 43.6. The Bertz CT molecular complexity index is 1240. The van der Waals surface area contributed by atoms with Crippen LogP contribution in [0.25, 0.3) is 0 Å². The van der Waals surface area contributed by atoms with Gasteiger partial charge in [-0.3, -0.25) is 9.59 Å². The number of para-hydroxylation sites is 1. The summed E-state index contributed by atoms with van der Waals surface area (Å²) in [5, 5.41) is 11.8. The maximum absolute atomic E-state index is 13.5. The highest BCUT2D eigenvalue weighted by Gasteiger charge is 2.92. The molecule has 3 heterocycles. The summed E-state index contributed by atoms with van der Waals surface area (Å²) in [6.07, 6.45) is -4.73. The SMILES string of the molecule is CC(=O)OC1C[C@@H](C(C)(C)C)C23C(OC(=O)[C@@H]2OC(=S)Oc2ccccc2)OC2C13CC1OC(=O)[C@@H](C)[C@@]12O. The Morgan fingerprint density at radius 3 is 2.44 bits per heavy atom. The van der Waals surface area contributed by atoms with Gasteiger partial charge in [-0.1, -0.05) is 39.0 Å². The van der Waals surface area contributed by atoms with Crippen LogP contribution in [0.15, 0.2) is 30.3 Å². The van der Waals surface area contributed by atoms with Crippen LogP contribution in [0.3, 0.4) is 0 Å². The van der Waals surface area contributed by atoms with Gasteiger partial charge in [-0.15, -0.1) is 0 Å². The van der Waals surface area contributed by atoms with E-state index in [1.807, 2.05) is 26.8 Å². The standard InChI is InChI=1S/C28H32O10S/c1-13-20(30)35-18-12-26-17(33-14(2)29)11-16(25(3,4)5)27(26)19(36-24(39)34-15-9-7-6-8-10-15)21(31)37-23(27)38-22(26)28(13,18)32/h6-10,13,16-19,22-23,32H,11-12H2,1-5H3/t13-,16+,17?,18?,19+,22?,23?,26?,27?,28-/m1/s1. The van der Waals surface area contributed by atoms with Crippen LogP contribution in [0.1, 0.15) is 47.5 Å². The second kappa shape index (κ2) is 8.37. The minimum Gasteiger partial charge on any atom is -0.462 e. The quantitative estimate of drug-likeness (QED) is 0.333. The average molecular weight is 561 g/mol. The molecule has 1 aromatic rings. The lowest BCUT2D eigenvalue weighted by Gasteiger charge is -2.47. The van der Waals surface area contributed by atoms with E-state index >= 15 is 0 Å². The molecule has 6 rings (SSSR count). The van der Waals surface area contributed by atoms with Crippen molar-refractivity contribution in [1.29, 1.82) is 0 Å². The zero-order valence-corrected chi connectivity index (χ0v) is 23.2. The van der Waals surface area contributed by atoms with Crippen LogP contribution >= 0.6 is 12.2 Å². The molecule has 210 valence electrons. The van der Waals surface area contributed by atoms with Gasteiger partial charge in [-0.25, -0.2) is 4.79 Å². The predicted octanol–water partition coefficient (Wildman–Crippen LogP) is 2.68. The van der Waals surface area contributed by atoms with E-state index in [9.17, 15) is 19.5 Å². The summed E-state index contributed by atoms with van der Waals surface area (Å²) >= 11 is 5.43. The number of ether oxygens (including phenoxy) is 6. The van der Waals surface area contributed by atoms with Crippen molar-refractivity contribution in [2.24, 2.45) is 28.1 Å². The Morgan fingerprint density at radius 2 is 1.79 bits per heavy atom. The smallest absolute Gasteiger partial charge is 0.358 e. The topological polar surface area (TPSA) is 127 Å². The van der Waals surface area contributed by atoms with Crippen molar-refractivity contribution in [3.8, 4) is 5.75 Å². The highest BCUT2D eigenvalue weighted by Crippen LogP contribution is 2.79. The minimum absolute atomic E-state index is 0.0913. The number of carbonyl (C=O) groups is 3. The maximum atomic E-state index is 13.5. The van der Waals surface area contributed by atoms with E-state index in [2.05, 4.69) is 0 Å². The first-order valence-electron chi connectivity index (χ1n) is 13.2.